The second-order valence-corrected chi connectivity index (χ2v) is 4.74. The van der Waals surface area contributed by atoms with Gasteiger partial charge in [-0.1, -0.05) is 18.2 Å². The van der Waals surface area contributed by atoms with Crippen LogP contribution in [0.15, 0.2) is 24.3 Å². The van der Waals surface area contributed by atoms with Crippen molar-refractivity contribution in [1.82, 2.24) is 0 Å². The van der Waals surface area contributed by atoms with E-state index in [2.05, 4.69) is 5.32 Å². The van der Waals surface area contributed by atoms with Crippen molar-refractivity contribution in [1.29, 1.82) is 5.26 Å². The Morgan fingerprint density at radius 3 is 2.88 bits per heavy atom. The molecular formula is C12H14N2OS. The number of para-hydroxylation sites is 1. The van der Waals surface area contributed by atoms with Crippen LogP contribution in [0.2, 0.25) is 0 Å². The smallest absolute Gasteiger partial charge is 0.237 e. The van der Waals surface area contributed by atoms with Gasteiger partial charge >= 0.3 is 0 Å². The summed E-state index contributed by atoms with van der Waals surface area (Å²) in [5, 5.41) is 11.1. The quantitative estimate of drug-likeness (QED) is 0.871. The molecule has 0 bridgehead atoms. The van der Waals surface area contributed by atoms with Crippen LogP contribution >= 0.6 is 11.8 Å². The topological polar surface area (TPSA) is 52.9 Å². The molecule has 0 saturated heterocycles. The number of hydrogen-bond acceptors (Lipinski definition) is 3. The van der Waals surface area contributed by atoms with Crippen LogP contribution in [0.25, 0.3) is 0 Å². The number of amides is 1. The fraction of sp³-hybridized carbons (Fsp3) is 0.333. The molecule has 1 aromatic carbocycles. The Labute approximate surface area is 99.8 Å². The van der Waals surface area contributed by atoms with E-state index in [0.29, 0.717) is 5.75 Å². The second-order valence-electron chi connectivity index (χ2n) is 3.42. The lowest BCUT2D eigenvalue weighted by Gasteiger charge is -2.11. The van der Waals surface area contributed by atoms with Gasteiger partial charge in [-0.3, -0.25) is 4.79 Å². The van der Waals surface area contributed by atoms with E-state index in [-0.39, 0.29) is 11.2 Å². The Morgan fingerprint density at radius 1 is 1.56 bits per heavy atom. The fourth-order valence-electron chi connectivity index (χ4n) is 1.19. The normalized spacial score (nSPS) is 11.6. The fourth-order valence-corrected chi connectivity index (χ4v) is 1.72. The third-order valence-corrected chi connectivity index (χ3v) is 3.18. The van der Waals surface area contributed by atoms with E-state index in [1.54, 1.807) is 6.92 Å². The summed E-state index contributed by atoms with van der Waals surface area (Å²) in [6.45, 7) is 3.75. The number of anilines is 1. The number of benzene rings is 1. The molecule has 1 rings (SSSR count). The van der Waals surface area contributed by atoms with E-state index < -0.39 is 0 Å². The molecule has 1 aromatic rings. The third kappa shape index (κ3) is 3.59. The van der Waals surface area contributed by atoms with Crippen LogP contribution in [0, 0.1) is 18.3 Å². The molecule has 1 N–H and O–H groups in total. The monoisotopic (exact) mass is 234 g/mol. The van der Waals surface area contributed by atoms with Gasteiger partial charge in [-0.05, 0) is 25.5 Å². The molecule has 16 heavy (non-hydrogen) atoms. The molecular weight excluding hydrogens is 220 g/mol. The zero-order valence-corrected chi connectivity index (χ0v) is 10.2. The van der Waals surface area contributed by atoms with E-state index in [4.69, 9.17) is 5.26 Å². The lowest BCUT2D eigenvalue weighted by Crippen LogP contribution is -2.23. The minimum Gasteiger partial charge on any atom is -0.325 e. The van der Waals surface area contributed by atoms with Gasteiger partial charge < -0.3 is 5.32 Å². The molecule has 0 aliphatic carbocycles. The number of nitrogens with one attached hydrogen (secondary N) is 1. The van der Waals surface area contributed by atoms with Gasteiger partial charge in [0.2, 0.25) is 5.91 Å². The minimum atomic E-state index is -0.209. The summed E-state index contributed by atoms with van der Waals surface area (Å²) in [6.07, 6.45) is 0. The summed E-state index contributed by atoms with van der Waals surface area (Å²) in [7, 11) is 0. The van der Waals surface area contributed by atoms with Crippen LogP contribution in [0.1, 0.15) is 12.5 Å². The lowest BCUT2D eigenvalue weighted by molar-refractivity contribution is -0.115. The van der Waals surface area contributed by atoms with Crippen LogP contribution in [-0.4, -0.2) is 16.9 Å². The number of aryl methyl sites for hydroxylation is 1. The summed E-state index contributed by atoms with van der Waals surface area (Å²) >= 11 is 1.34. The predicted molar refractivity (Wildman–Crippen MR) is 67.3 cm³/mol. The number of rotatable bonds is 4. The highest BCUT2D eigenvalue weighted by atomic mass is 32.2. The molecule has 0 saturated carbocycles. The first-order valence-electron chi connectivity index (χ1n) is 5.00. The van der Waals surface area contributed by atoms with Crippen molar-refractivity contribution < 1.29 is 4.79 Å². The van der Waals surface area contributed by atoms with Gasteiger partial charge in [0.05, 0.1) is 17.1 Å². The van der Waals surface area contributed by atoms with E-state index in [9.17, 15) is 4.79 Å². The van der Waals surface area contributed by atoms with Crippen LogP contribution in [0.4, 0.5) is 5.69 Å². The maximum Gasteiger partial charge on any atom is 0.237 e. The Kier molecular flexibility index (Phi) is 4.87. The number of carbonyl (C=O) groups is 1. The highest BCUT2D eigenvalue weighted by molar-refractivity contribution is 8.00. The van der Waals surface area contributed by atoms with Gasteiger partial charge in [-0.25, -0.2) is 0 Å². The summed E-state index contributed by atoms with van der Waals surface area (Å²) in [6, 6.07) is 9.64. The van der Waals surface area contributed by atoms with Gasteiger partial charge in [0.25, 0.3) is 0 Å². The van der Waals surface area contributed by atoms with E-state index in [0.717, 1.165) is 11.3 Å². The summed E-state index contributed by atoms with van der Waals surface area (Å²) < 4.78 is 0. The second kappa shape index (κ2) is 6.19. The number of nitrogens with zero attached hydrogens (tertiary/aromatic N) is 1. The molecule has 1 atom stereocenters. The van der Waals surface area contributed by atoms with Crippen molar-refractivity contribution in [3.05, 3.63) is 29.8 Å². The maximum absolute atomic E-state index is 11.7. The Hall–Kier alpha value is -1.47. The van der Waals surface area contributed by atoms with Crippen molar-refractivity contribution in [2.45, 2.75) is 19.1 Å². The standard InChI is InChI=1S/C12H14N2OS/c1-9-5-3-4-6-11(9)14-12(15)10(2)16-8-7-13/h3-6,10H,8H2,1-2H3,(H,14,15). The minimum absolute atomic E-state index is 0.0606. The number of nitriles is 1. The summed E-state index contributed by atoms with van der Waals surface area (Å²) in [5.41, 5.74) is 1.87. The van der Waals surface area contributed by atoms with Gasteiger partial charge in [-0.15, -0.1) is 11.8 Å². The SMILES string of the molecule is Cc1ccccc1NC(=O)C(C)SCC#N. The average molecular weight is 234 g/mol. The van der Waals surface area contributed by atoms with Crippen LogP contribution in [0.3, 0.4) is 0 Å². The molecule has 0 heterocycles. The van der Waals surface area contributed by atoms with Crippen molar-refractivity contribution in [3.8, 4) is 6.07 Å². The van der Waals surface area contributed by atoms with Crippen LogP contribution in [-0.2, 0) is 4.79 Å². The van der Waals surface area contributed by atoms with Crippen molar-refractivity contribution in [2.24, 2.45) is 0 Å². The molecule has 3 nitrogen and oxygen atoms in total. The van der Waals surface area contributed by atoms with Crippen LogP contribution in [0.5, 0.6) is 0 Å². The number of hydrogen-bond donors (Lipinski definition) is 1. The molecule has 84 valence electrons. The Bertz CT molecular complexity index is 412. The molecule has 1 amide bonds. The molecule has 0 spiro atoms. The van der Waals surface area contributed by atoms with Gasteiger partial charge in [-0.2, -0.15) is 5.26 Å². The zero-order valence-electron chi connectivity index (χ0n) is 9.36. The average Bonchev–Trinajstić information content (AvgIpc) is 2.28. The van der Waals surface area contributed by atoms with E-state index >= 15 is 0 Å². The van der Waals surface area contributed by atoms with Crippen molar-refractivity contribution in [3.63, 3.8) is 0 Å². The Morgan fingerprint density at radius 2 is 2.25 bits per heavy atom. The summed E-state index contributed by atoms with van der Waals surface area (Å²) in [4.78, 5) is 11.7. The van der Waals surface area contributed by atoms with Gasteiger partial charge in [0, 0.05) is 5.69 Å². The molecule has 0 aliphatic heterocycles. The van der Waals surface area contributed by atoms with Crippen molar-refractivity contribution >= 4 is 23.4 Å². The highest BCUT2D eigenvalue weighted by Crippen LogP contribution is 2.16. The first kappa shape index (κ1) is 12.6. The third-order valence-electron chi connectivity index (χ3n) is 2.17. The molecule has 1 unspecified atom stereocenters. The predicted octanol–water partition coefficient (Wildman–Crippen LogP) is 2.58. The molecule has 0 aliphatic rings. The van der Waals surface area contributed by atoms with Gasteiger partial charge in [0.15, 0.2) is 0 Å². The molecule has 4 heteroatoms. The van der Waals surface area contributed by atoms with Crippen LogP contribution < -0.4 is 5.32 Å². The lowest BCUT2D eigenvalue weighted by atomic mass is 10.2. The maximum atomic E-state index is 11.7. The number of thioether (sulfide) groups is 1. The largest absolute Gasteiger partial charge is 0.325 e. The Balaban J connectivity index is 2.58. The first-order chi connectivity index (χ1) is 7.65. The highest BCUT2D eigenvalue weighted by Gasteiger charge is 2.13. The number of carbonyl (C=O) groups excluding carboxylic acids is 1. The molecule has 0 aromatic heterocycles. The van der Waals surface area contributed by atoms with Gasteiger partial charge in [0.1, 0.15) is 0 Å². The van der Waals surface area contributed by atoms with Crippen molar-refractivity contribution in [2.75, 3.05) is 11.1 Å². The van der Waals surface area contributed by atoms with E-state index in [1.165, 1.54) is 11.8 Å². The molecule has 0 radical (unpaired) electrons. The molecule has 0 fully saturated rings. The zero-order chi connectivity index (χ0) is 12.0. The first-order valence-corrected chi connectivity index (χ1v) is 6.05. The summed E-state index contributed by atoms with van der Waals surface area (Å²) in [5.74, 6) is 0.275. The van der Waals surface area contributed by atoms with E-state index in [1.807, 2.05) is 37.3 Å².